The van der Waals surface area contributed by atoms with Crippen molar-refractivity contribution >= 4 is 28.2 Å². The Labute approximate surface area is 102 Å². The van der Waals surface area contributed by atoms with Crippen LogP contribution in [0.5, 0.6) is 0 Å². The van der Waals surface area contributed by atoms with Gasteiger partial charge < -0.3 is 15.3 Å². The standard InChI is InChI=1S/C10H14O4S2/c1-6(12)15-5-9(13)10(14)7-2-8(3-11)16-4-7/h2,4,9-11,13-14H,3,5H2,1H3. The highest BCUT2D eigenvalue weighted by Crippen LogP contribution is 2.25. The zero-order valence-corrected chi connectivity index (χ0v) is 10.4. The number of thioether (sulfide) groups is 1. The molecule has 0 fully saturated rings. The molecule has 0 amide bonds. The summed E-state index contributed by atoms with van der Waals surface area (Å²) in [5, 5.41) is 29.8. The highest BCUT2D eigenvalue weighted by Gasteiger charge is 2.20. The van der Waals surface area contributed by atoms with E-state index in [4.69, 9.17) is 5.11 Å². The summed E-state index contributed by atoms with van der Waals surface area (Å²) < 4.78 is 0. The lowest BCUT2D eigenvalue weighted by Crippen LogP contribution is -2.20. The summed E-state index contributed by atoms with van der Waals surface area (Å²) in [4.78, 5) is 11.4. The highest BCUT2D eigenvalue weighted by molar-refractivity contribution is 8.13. The Morgan fingerprint density at radius 1 is 1.56 bits per heavy atom. The molecule has 1 heterocycles. The number of rotatable bonds is 5. The monoisotopic (exact) mass is 262 g/mol. The molecule has 0 bridgehead atoms. The molecule has 2 atom stereocenters. The second kappa shape index (κ2) is 6.36. The molecule has 0 aliphatic carbocycles. The molecule has 3 N–H and O–H groups in total. The number of thiophene rings is 1. The van der Waals surface area contributed by atoms with Gasteiger partial charge in [-0.3, -0.25) is 4.79 Å². The van der Waals surface area contributed by atoms with Crippen LogP contribution in [0.1, 0.15) is 23.5 Å². The summed E-state index contributed by atoms with van der Waals surface area (Å²) in [7, 11) is 0. The number of aliphatic hydroxyl groups excluding tert-OH is 3. The average Bonchev–Trinajstić information content (AvgIpc) is 2.73. The van der Waals surface area contributed by atoms with Crippen molar-refractivity contribution in [2.75, 3.05) is 5.75 Å². The van der Waals surface area contributed by atoms with Gasteiger partial charge in [0.05, 0.1) is 12.7 Å². The van der Waals surface area contributed by atoms with E-state index in [2.05, 4.69) is 0 Å². The second-order valence-electron chi connectivity index (χ2n) is 3.32. The zero-order chi connectivity index (χ0) is 12.1. The SMILES string of the molecule is CC(=O)SCC(O)C(O)c1csc(CO)c1. The summed E-state index contributed by atoms with van der Waals surface area (Å²) in [6.45, 7) is 1.34. The van der Waals surface area contributed by atoms with Crippen molar-refractivity contribution in [3.63, 3.8) is 0 Å². The van der Waals surface area contributed by atoms with Crippen LogP contribution in [0.25, 0.3) is 0 Å². The fraction of sp³-hybridized carbons (Fsp3) is 0.500. The molecule has 1 aromatic rings. The van der Waals surface area contributed by atoms with Crippen LogP contribution in [0.15, 0.2) is 11.4 Å². The van der Waals surface area contributed by atoms with Gasteiger partial charge in [-0.05, 0) is 17.0 Å². The zero-order valence-electron chi connectivity index (χ0n) is 8.79. The summed E-state index contributed by atoms with van der Waals surface area (Å²) in [5.74, 6) is 0.167. The Morgan fingerprint density at radius 2 is 2.25 bits per heavy atom. The Balaban J connectivity index is 2.55. The Bertz CT molecular complexity index is 350. The van der Waals surface area contributed by atoms with Crippen LogP contribution in [-0.2, 0) is 11.4 Å². The first-order valence-electron chi connectivity index (χ1n) is 4.72. The van der Waals surface area contributed by atoms with Crippen LogP contribution in [0.3, 0.4) is 0 Å². The fourth-order valence-corrected chi connectivity index (χ4v) is 2.51. The Morgan fingerprint density at radius 3 is 2.75 bits per heavy atom. The van der Waals surface area contributed by atoms with Crippen LogP contribution in [0.2, 0.25) is 0 Å². The van der Waals surface area contributed by atoms with E-state index in [0.717, 1.165) is 16.6 Å². The quantitative estimate of drug-likeness (QED) is 0.735. The number of hydrogen-bond acceptors (Lipinski definition) is 6. The van der Waals surface area contributed by atoms with Crippen molar-refractivity contribution < 1.29 is 20.1 Å². The molecule has 0 saturated carbocycles. The van der Waals surface area contributed by atoms with Gasteiger partial charge in [-0.1, -0.05) is 11.8 Å². The first-order chi connectivity index (χ1) is 7.54. The molecule has 0 aromatic carbocycles. The minimum atomic E-state index is -1.01. The van der Waals surface area contributed by atoms with Crippen LogP contribution in [-0.4, -0.2) is 32.3 Å². The maximum Gasteiger partial charge on any atom is 0.185 e. The first kappa shape index (κ1) is 13.7. The molecule has 0 spiro atoms. The molecule has 1 rings (SSSR count). The van der Waals surface area contributed by atoms with E-state index in [1.54, 1.807) is 11.4 Å². The van der Waals surface area contributed by atoms with Crippen LogP contribution < -0.4 is 0 Å². The van der Waals surface area contributed by atoms with E-state index in [1.807, 2.05) is 0 Å². The lowest BCUT2D eigenvalue weighted by atomic mass is 10.1. The van der Waals surface area contributed by atoms with E-state index in [9.17, 15) is 15.0 Å². The number of aliphatic hydroxyl groups is 3. The van der Waals surface area contributed by atoms with E-state index < -0.39 is 12.2 Å². The molecular formula is C10H14O4S2. The topological polar surface area (TPSA) is 77.8 Å². The minimum Gasteiger partial charge on any atom is -0.391 e. The van der Waals surface area contributed by atoms with Crippen molar-refractivity contribution in [1.29, 1.82) is 0 Å². The van der Waals surface area contributed by atoms with E-state index >= 15 is 0 Å². The molecule has 0 aliphatic rings. The summed E-state index contributed by atoms with van der Waals surface area (Å²) in [5.41, 5.74) is 0.575. The average molecular weight is 262 g/mol. The van der Waals surface area contributed by atoms with Crippen molar-refractivity contribution in [2.45, 2.75) is 25.7 Å². The van der Waals surface area contributed by atoms with Crippen molar-refractivity contribution in [3.8, 4) is 0 Å². The molecule has 90 valence electrons. The molecule has 4 nitrogen and oxygen atoms in total. The molecule has 0 saturated heterocycles. The lowest BCUT2D eigenvalue weighted by molar-refractivity contribution is -0.109. The summed E-state index contributed by atoms with van der Waals surface area (Å²) in [6.07, 6.45) is -1.99. The number of carbonyl (C=O) groups excluding carboxylic acids is 1. The van der Waals surface area contributed by atoms with E-state index in [-0.39, 0.29) is 17.5 Å². The molecule has 1 aromatic heterocycles. The van der Waals surface area contributed by atoms with Crippen LogP contribution in [0.4, 0.5) is 0 Å². The van der Waals surface area contributed by atoms with Gasteiger partial charge in [0.1, 0.15) is 6.10 Å². The molecular weight excluding hydrogens is 248 g/mol. The van der Waals surface area contributed by atoms with Crippen LogP contribution >= 0.6 is 23.1 Å². The van der Waals surface area contributed by atoms with Gasteiger partial charge >= 0.3 is 0 Å². The Hall–Kier alpha value is -0.400. The highest BCUT2D eigenvalue weighted by atomic mass is 32.2. The normalized spacial score (nSPS) is 14.8. The summed E-state index contributed by atoms with van der Waals surface area (Å²) in [6, 6.07) is 1.65. The molecule has 6 heteroatoms. The third-order valence-electron chi connectivity index (χ3n) is 1.99. The van der Waals surface area contributed by atoms with Gasteiger partial charge in [0.25, 0.3) is 0 Å². The summed E-state index contributed by atoms with van der Waals surface area (Å²) >= 11 is 2.30. The van der Waals surface area contributed by atoms with Gasteiger partial charge in [0, 0.05) is 17.6 Å². The van der Waals surface area contributed by atoms with Gasteiger partial charge in [-0.2, -0.15) is 0 Å². The van der Waals surface area contributed by atoms with Gasteiger partial charge in [0.15, 0.2) is 5.12 Å². The lowest BCUT2D eigenvalue weighted by Gasteiger charge is -2.15. The second-order valence-corrected chi connectivity index (χ2v) is 5.51. The third-order valence-corrected chi connectivity index (χ3v) is 3.85. The van der Waals surface area contributed by atoms with Crippen LogP contribution in [0, 0.1) is 0 Å². The number of hydrogen-bond donors (Lipinski definition) is 3. The predicted octanol–water partition coefficient (Wildman–Crippen LogP) is 0.914. The fourth-order valence-electron chi connectivity index (χ4n) is 1.15. The van der Waals surface area contributed by atoms with Crippen molar-refractivity contribution in [3.05, 3.63) is 21.9 Å². The maximum absolute atomic E-state index is 10.7. The largest absolute Gasteiger partial charge is 0.391 e. The third kappa shape index (κ3) is 3.88. The first-order valence-corrected chi connectivity index (χ1v) is 6.58. The van der Waals surface area contributed by atoms with Gasteiger partial charge in [0.2, 0.25) is 0 Å². The molecule has 0 aliphatic heterocycles. The molecule has 16 heavy (non-hydrogen) atoms. The molecule has 0 radical (unpaired) electrons. The number of carbonyl (C=O) groups is 1. The molecule has 2 unspecified atom stereocenters. The van der Waals surface area contributed by atoms with Gasteiger partial charge in [-0.25, -0.2) is 0 Å². The van der Waals surface area contributed by atoms with Crippen molar-refractivity contribution in [2.24, 2.45) is 0 Å². The van der Waals surface area contributed by atoms with E-state index in [1.165, 1.54) is 18.3 Å². The van der Waals surface area contributed by atoms with Crippen molar-refractivity contribution in [1.82, 2.24) is 0 Å². The van der Waals surface area contributed by atoms with Gasteiger partial charge in [-0.15, -0.1) is 11.3 Å². The Kier molecular flexibility index (Phi) is 5.43. The minimum absolute atomic E-state index is 0.0737. The van der Waals surface area contributed by atoms with E-state index in [0.29, 0.717) is 5.56 Å². The predicted molar refractivity (Wildman–Crippen MR) is 64.3 cm³/mol. The smallest absolute Gasteiger partial charge is 0.185 e. The maximum atomic E-state index is 10.7.